The van der Waals surface area contributed by atoms with Crippen molar-refractivity contribution in [2.24, 2.45) is 5.11 Å². The van der Waals surface area contributed by atoms with E-state index in [9.17, 15) is 19.0 Å². The Kier molecular flexibility index (Phi) is 6.52. The number of ether oxygens (including phenoxy) is 1. The molecule has 3 aromatic rings. The van der Waals surface area contributed by atoms with Gasteiger partial charge in [-0.15, -0.1) is 0 Å². The highest BCUT2D eigenvalue weighted by atomic mass is 31.2. The highest BCUT2D eigenvalue weighted by molar-refractivity contribution is 7.50. The molecule has 1 aliphatic rings. The van der Waals surface area contributed by atoms with Crippen LogP contribution in [0.3, 0.4) is 0 Å². The molecule has 4 N–H and O–H groups in total. The van der Waals surface area contributed by atoms with Gasteiger partial charge in [0.05, 0.1) is 18.8 Å². The van der Waals surface area contributed by atoms with Crippen molar-refractivity contribution in [3.05, 3.63) is 79.1 Å². The molecule has 33 heavy (non-hydrogen) atoms. The minimum Gasteiger partial charge on any atom is -0.361 e. The van der Waals surface area contributed by atoms with Crippen LogP contribution < -0.4 is 16.3 Å². The van der Waals surface area contributed by atoms with Gasteiger partial charge in [-0.3, -0.25) is 18.9 Å². The van der Waals surface area contributed by atoms with Crippen LogP contribution >= 0.6 is 7.75 Å². The van der Waals surface area contributed by atoms with E-state index < -0.39 is 37.4 Å². The van der Waals surface area contributed by atoms with Crippen molar-refractivity contribution in [3.8, 4) is 0 Å². The summed E-state index contributed by atoms with van der Waals surface area (Å²) in [6, 6.07) is 6.80. The molecule has 1 unspecified atom stereocenters. The minimum atomic E-state index is -4.22. The summed E-state index contributed by atoms with van der Waals surface area (Å²) in [5, 5.41) is 7.08. The Bertz CT molecular complexity index is 1370. The monoisotopic (exact) mass is 475 g/mol. The molecule has 2 aromatic heterocycles. The smallest absolute Gasteiger partial charge is 0.361 e. The topological polar surface area (TPSA) is 187 Å². The molecule has 14 heteroatoms. The van der Waals surface area contributed by atoms with E-state index in [1.807, 2.05) is 24.3 Å². The molecule has 0 saturated carbocycles. The second-order valence-electron chi connectivity index (χ2n) is 7.63. The molecule has 3 heterocycles. The van der Waals surface area contributed by atoms with Crippen molar-refractivity contribution < 1.29 is 18.7 Å². The maximum absolute atomic E-state index is 12.5. The van der Waals surface area contributed by atoms with Crippen LogP contribution in [-0.2, 0) is 20.4 Å². The van der Waals surface area contributed by atoms with Crippen LogP contribution in [-0.4, -0.2) is 38.2 Å². The summed E-state index contributed by atoms with van der Waals surface area (Å²) in [5.74, 6) is 0. The van der Waals surface area contributed by atoms with Crippen LogP contribution in [0.4, 0.5) is 0 Å². The van der Waals surface area contributed by atoms with E-state index >= 15 is 0 Å². The third kappa shape index (κ3) is 5.09. The molecule has 1 aliphatic heterocycles. The van der Waals surface area contributed by atoms with Crippen molar-refractivity contribution in [2.45, 2.75) is 38.3 Å². The number of nitrogens with zero attached hydrogens (tertiary/aromatic N) is 4. The van der Waals surface area contributed by atoms with E-state index in [-0.39, 0.29) is 19.6 Å². The van der Waals surface area contributed by atoms with Crippen molar-refractivity contribution in [3.63, 3.8) is 0 Å². The first-order valence-electron chi connectivity index (χ1n) is 10.1. The van der Waals surface area contributed by atoms with Gasteiger partial charge in [0.15, 0.2) is 0 Å². The maximum Gasteiger partial charge on any atom is 0.403 e. The lowest BCUT2D eigenvalue weighted by atomic mass is 10.1. The van der Waals surface area contributed by atoms with Gasteiger partial charge in [-0.1, -0.05) is 23.3 Å². The van der Waals surface area contributed by atoms with Gasteiger partial charge in [-0.05, 0) is 24.1 Å². The number of nitrogens with one attached hydrogen (secondary N) is 3. The number of aromatic amines is 2. The van der Waals surface area contributed by atoms with Gasteiger partial charge in [0, 0.05) is 46.7 Å². The van der Waals surface area contributed by atoms with Gasteiger partial charge in [0.25, 0.3) is 5.56 Å². The summed E-state index contributed by atoms with van der Waals surface area (Å²) in [7, 11) is -4.22. The minimum absolute atomic E-state index is 0.0811. The standard InChI is InChI=1S/C19H22N7O6P/c1-11-9-26(19(28)23-18(11)27)17-6-15(24-25-20)16(32-17)10-31-33(29,30)22-8-12-7-21-14-5-3-2-4-13(12)14/h2-5,7,9,15-17,21H,6,8,10H2,1H3,(H2,22,29,30)(H,23,27,28)/t15-,16+,17+/m0/s1. The number of para-hydroxylation sites is 1. The van der Waals surface area contributed by atoms with Crippen molar-refractivity contribution in [1.29, 1.82) is 0 Å². The Morgan fingerprint density at radius 2 is 2.21 bits per heavy atom. The fourth-order valence-electron chi connectivity index (χ4n) is 3.71. The zero-order valence-corrected chi connectivity index (χ0v) is 18.4. The van der Waals surface area contributed by atoms with Gasteiger partial charge >= 0.3 is 13.4 Å². The number of fused-ring (bicyclic) bond motifs is 1. The average molecular weight is 475 g/mol. The first-order valence-corrected chi connectivity index (χ1v) is 11.6. The molecule has 1 fully saturated rings. The first kappa shape index (κ1) is 23.0. The molecule has 1 saturated heterocycles. The summed E-state index contributed by atoms with van der Waals surface area (Å²) in [6.45, 7) is 1.26. The Balaban J connectivity index is 1.42. The molecule has 0 amide bonds. The van der Waals surface area contributed by atoms with E-state index in [0.29, 0.717) is 5.56 Å². The Morgan fingerprint density at radius 3 is 3.00 bits per heavy atom. The molecule has 4 rings (SSSR count). The Labute approximate surface area is 186 Å². The molecule has 174 valence electrons. The first-order chi connectivity index (χ1) is 15.8. The lowest BCUT2D eigenvalue weighted by molar-refractivity contribution is -0.0243. The van der Waals surface area contributed by atoms with Gasteiger partial charge in [0.1, 0.15) is 6.23 Å². The van der Waals surface area contributed by atoms with Crippen molar-refractivity contribution in [2.75, 3.05) is 6.61 Å². The van der Waals surface area contributed by atoms with Crippen molar-refractivity contribution >= 4 is 18.6 Å². The molecule has 13 nitrogen and oxygen atoms in total. The lowest BCUT2D eigenvalue weighted by Gasteiger charge is -2.19. The summed E-state index contributed by atoms with van der Waals surface area (Å²) in [4.78, 5) is 42.0. The van der Waals surface area contributed by atoms with Crippen LogP contribution in [0, 0.1) is 6.92 Å². The largest absolute Gasteiger partial charge is 0.403 e. The van der Waals surface area contributed by atoms with Crippen LogP contribution in [0.5, 0.6) is 0 Å². The van der Waals surface area contributed by atoms with E-state index in [1.165, 1.54) is 17.7 Å². The second-order valence-corrected chi connectivity index (χ2v) is 9.24. The predicted octanol–water partition coefficient (Wildman–Crippen LogP) is 2.20. The number of benzene rings is 1. The summed E-state index contributed by atoms with van der Waals surface area (Å²) in [6.07, 6.45) is 1.50. The molecular weight excluding hydrogens is 453 g/mol. The van der Waals surface area contributed by atoms with E-state index in [4.69, 9.17) is 14.8 Å². The molecule has 4 atom stereocenters. The number of aromatic nitrogens is 3. The zero-order valence-electron chi connectivity index (χ0n) is 17.5. The van der Waals surface area contributed by atoms with Crippen LogP contribution in [0.25, 0.3) is 21.3 Å². The van der Waals surface area contributed by atoms with E-state index in [0.717, 1.165) is 16.5 Å². The highest BCUT2D eigenvalue weighted by Gasteiger charge is 2.38. The Hall–Kier alpha value is -3.18. The Morgan fingerprint density at radius 1 is 1.42 bits per heavy atom. The van der Waals surface area contributed by atoms with Gasteiger partial charge in [-0.2, -0.15) is 0 Å². The van der Waals surface area contributed by atoms with Gasteiger partial charge < -0.3 is 14.6 Å². The van der Waals surface area contributed by atoms with E-state index in [1.54, 1.807) is 6.20 Å². The zero-order chi connectivity index (χ0) is 23.6. The lowest BCUT2D eigenvalue weighted by Crippen LogP contribution is -2.33. The fraction of sp³-hybridized carbons (Fsp3) is 0.368. The number of rotatable bonds is 8. The van der Waals surface area contributed by atoms with Crippen LogP contribution in [0.15, 0.2) is 51.4 Å². The fourth-order valence-corrected chi connectivity index (χ4v) is 4.52. The summed E-state index contributed by atoms with van der Waals surface area (Å²) in [5.41, 5.74) is 9.68. The molecule has 1 aromatic carbocycles. The number of hydrogen-bond donors (Lipinski definition) is 4. The normalized spacial score (nSPS) is 22.2. The number of H-pyrrole nitrogens is 2. The number of azide groups is 1. The van der Waals surface area contributed by atoms with E-state index in [2.05, 4.69) is 25.1 Å². The van der Waals surface area contributed by atoms with Crippen LogP contribution in [0.2, 0.25) is 0 Å². The SMILES string of the molecule is Cc1cn([C@H]2C[C@H](N=[N+]=[N-])[C@@H](COP(=O)(O)NCc3c[nH]c4ccccc34)O2)c(=O)[nH]c1=O. The summed E-state index contributed by atoms with van der Waals surface area (Å²) >= 11 is 0. The average Bonchev–Trinajstić information content (AvgIpc) is 3.38. The predicted molar refractivity (Wildman–Crippen MR) is 118 cm³/mol. The molecule has 0 aliphatic carbocycles. The molecule has 0 bridgehead atoms. The molecule has 0 spiro atoms. The number of hydrogen-bond acceptors (Lipinski definition) is 6. The summed E-state index contributed by atoms with van der Waals surface area (Å²) < 4.78 is 24.7. The maximum atomic E-state index is 12.5. The molecule has 0 radical (unpaired) electrons. The van der Waals surface area contributed by atoms with Gasteiger partial charge in [0.2, 0.25) is 0 Å². The number of aryl methyl sites for hydroxylation is 1. The third-order valence-corrected chi connectivity index (χ3v) is 6.48. The second kappa shape index (κ2) is 9.36. The van der Waals surface area contributed by atoms with Crippen molar-refractivity contribution in [1.82, 2.24) is 19.6 Å². The highest BCUT2D eigenvalue weighted by Crippen LogP contribution is 2.40. The van der Waals surface area contributed by atoms with Gasteiger partial charge in [-0.25, -0.2) is 14.4 Å². The van der Waals surface area contributed by atoms with Crippen LogP contribution in [0.1, 0.15) is 23.8 Å². The molecular formula is C19H22N7O6P. The third-order valence-electron chi connectivity index (χ3n) is 5.42. The quantitative estimate of drug-likeness (QED) is 0.166.